The largest absolute Gasteiger partial charge is 0.538 e. The standard InChI is InChI=1S/2C10H7BrF3INO4S.2C10H7ClF3INO4S.C10H7F4INO4S.C10H8F3I2N2O4S/c11-7-3-6(4-8(15)5-7)9(17)20-2-1-16-21(18,19)10(12,13)14;2*11-8-2-1-6(15)5-7(8)9(17)20-4-3-16-21(18,19)10(12,13)14;11-8-5-6(15)1-2-7(8)9(17)20-4-3-16-21(18,19)10(12,13)14;11-8-2-1-6(15)5-7(8)9(17)20-4-3-16-21(18,19)10(12,13)14;11-10(12,13)22(19,20)17-1-2-21-9(18)6-3-5(14)4-7(15)8(6)16/h3-5H,1-2H2;4*1-2,5H,3-4H2;3-4H,1-2H2,(H2,16,18)/q6*-1. The molecule has 6 aromatic carbocycles. The molecular weight excluding hydrogens is 2880 g/mol. The molecule has 31 nitrogen and oxygen atoms in total. The van der Waals surface area contributed by atoms with Gasteiger partial charge in [0, 0.05) is 33.9 Å². The van der Waals surface area contributed by atoms with E-state index >= 15 is 0 Å². The predicted octanol–water partition coefficient (Wildman–Crippen LogP) is 19.2. The predicted molar refractivity (Wildman–Crippen MR) is 478 cm³/mol. The van der Waals surface area contributed by atoms with Crippen molar-refractivity contribution in [1.29, 1.82) is 0 Å². The minimum atomic E-state index is -5.62. The molecule has 6 aromatic rings. The molecule has 0 aliphatic carbocycles. The van der Waals surface area contributed by atoms with Crippen molar-refractivity contribution in [2.45, 2.75) is 33.0 Å². The Morgan fingerprint density at radius 2 is 0.583 bits per heavy atom. The van der Waals surface area contributed by atoms with Crippen molar-refractivity contribution in [3.05, 3.63) is 215 Å². The first-order chi connectivity index (χ1) is 57.7. The molecule has 0 amide bonds. The van der Waals surface area contributed by atoms with Crippen LogP contribution in [0.2, 0.25) is 10.0 Å². The zero-order valence-corrected chi connectivity index (χ0v) is 85.3. The topological polar surface area (TPSA) is 473 Å². The second-order valence-corrected chi connectivity index (χ2v) is 42.7. The van der Waals surface area contributed by atoms with E-state index in [1.54, 1.807) is 36.4 Å². The van der Waals surface area contributed by atoms with E-state index < -0.39 is 219 Å². The van der Waals surface area contributed by atoms with Crippen LogP contribution in [0.1, 0.15) is 62.1 Å². The van der Waals surface area contributed by atoms with Crippen LogP contribution < -0.4 is 5.73 Å². The molecule has 0 bridgehead atoms. The van der Waals surface area contributed by atoms with E-state index in [0.29, 0.717) is 23.2 Å². The van der Waals surface area contributed by atoms with E-state index in [2.05, 4.69) is 88.6 Å². The highest BCUT2D eigenvalue weighted by Crippen LogP contribution is 2.35. The molecule has 714 valence electrons. The Morgan fingerprint density at radius 3 is 0.929 bits per heavy atom. The van der Waals surface area contributed by atoms with Gasteiger partial charge in [0.2, 0.25) is 0 Å². The fourth-order valence-corrected chi connectivity index (χ4v) is 15.9. The van der Waals surface area contributed by atoms with Crippen molar-refractivity contribution in [1.82, 2.24) is 0 Å². The highest BCUT2D eigenvalue weighted by atomic mass is 127. The van der Waals surface area contributed by atoms with Crippen molar-refractivity contribution < 1.29 is 191 Å². The summed E-state index contributed by atoms with van der Waals surface area (Å²) >= 11 is 31.4. The van der Waals surface area contributed by atoms with E-state index in [1.807, 2.05) is 158 Å². The number of rotatable bonds is 30. The van der Waals surface area contributed by atoms with E-state index in [4.69, 9.17) is 28.9 Å². The number of nitrogens with zero attached hydrogens (tertiary/aromatic N) is 6. The fraction of sp³-hybridized carbons (Fsp3) is 0.300. The number of carbonyl (C=O) groups excluding carboxylic acids is 6. The van der Waals surface area contributed by atoms with E-state index in [0.717, 1.165) is 16.8 Å². The van der Waals surface area contributed by atoms with E-state index in [1.165, 1.54) is 60.7 Å². The first-order valence-corrected chi connectivity index (χ1v) is 49.7. The van der Waals surface area contributed by atoms with Crippen molar-refractivity contribution in [2.75, 3.05) is 84.6 Å². The summed E-state index contributed by atoms with van der Waals surface area (Å²) in [5.74, 6) is -6.18. The molecule has 127 heavy (non-hydrogen) atoms. The van der Waals surface area contributed by atoms with Crippen LogP contribution in [0.25, 0.3) is 28.3 Å². The first-order valence-electron chi connectivity index (χ1n) is 31.2. The van der Waals surface area contributed by atoms with Crippen LogP contribution in [-0.4, -0.2) is 198 Å². The van der Waals surface area contributed by atoms with Crippen molar-refractivity contribution in [3.63, 3.8) is 0 Å². The van der Waals surface area contributed by atoms with Crippen LogP contribution in [0.3, 0.4) is 0 Å². The minimum Gasteiger partial charge on any atom is -0.538 e. The van der Waals surface area contributed by atoms with Crippen LogP contribution in [0.15, 0.2) is 112 Å². The maximum atomic E-state index is 13.3. The number of ether oxygens (including phenoxy) is 6. The highest BCUT2D eigenvalue weighted by molar-refractivity contribution is 14.1. The molecule has 0 saturated carbocycles. The molecule has 0 aromatic heterocycles. The molecule has 0 saturated heterocycles. The number of nitrogen functional groups attached to an aromatic ring is 1. The maximum absolute atomic E-state index is 13.3. The Balaban J connectivity index is 0.000000762. The highest BCUT2D eigenvalue weighted by Gasteiger charge is 2.43. The Labute approximate surface area is 828 Å². The zero-order valence-electron chi connectivity index (χ0n) is 60.6. The molecule has 0 spiro atoms. The summed E-state index contributed by atoms with van der Waals surface area (Å²) in [4.78, 5) is 69.7. The average molecular weight is 2920 g/mol. The Kier molecular flexibility index (Phi) is 51.1. The zero-order chi connectivity index (χ0) is 98.4. The van der Waals surface area contributed by atoms with Gasteiger partial charge in [0.15, 0.2) is 60.1 Å². The summed E-state index contributed by atoms with van der Waals surface area (Å²) in [5, 5.41) is 0.229. The van der Waals surface area contributed by atoms with Gasteiger partial charge in [0.05, 0.1) is 88.8 Å². The third-order valence-electron chi connectivity index (χ3n) is 12.3. The lowest BCUT2D eigenvalue weighted by Gasteiger charge is -2.21. The smallest absolute Gasteiger partial charge is 0.480 e. The molecule has 0 aliphatic rings. The third-order valence-corrected chi connectivity index (χ3v) is 25.5. The lowest BCUT2D eigenvalue weighted by atomic mass is 10.2. The number of alkyl halides is 18. The molecule has 0 aliphatic heterocycles. The number of halogens is 30. The summed E-state index contributed by atoms with van der Waals surface area (Å²) in [7, 11) is -33.4. The normalized spacial score (nSPS) is 12.2. The quantitative estimate of drug-likeness (QED) is 0.0109. The van der Waals surface area contributed by atoms with Gasteiger partial charge < -0.3 is 62.5 Å². The monoisotopic (exact) mass is 2910 g/mol. The molecule has 0 heterocycles. The average Bonchev–Trinajstić information content (AvgIpc) is 0.841. The van der Waals surface area contributed by atoms with Gasteiger partial charge in [0.25, 0.3) is 0 Å². The Morgan fingerprint density at radius 1 is 0.315 bits per heavy atom. The van der Waals surface area contributed by atoms with Gasteiger partial charge in [-0.25, -0.2) is 83.7 Å². The van der Waals surface area contributed by atoms with Crippen molar-refractivity contribution in [2.24, 2.45) is 0 Å². The third kappa shape index (κ3) is 43.5. The van der Waals surface area contributed by atoms with Gasteiger partial charge in [-0.2, -0.15) is 79.0 Å². The van der Waals surface area contributed by atoms with Gasteiger partial charge in [-0.3, -0.25) is 0 Å². The van der Waals surface area contributed by atoms with E-state index in [9.17, 15) is 163 Å². The molecule has 67 heteroatoms. The summed E-state index contributed by atoms with van der Waals surface area (Å²) in [5.41, 5.74) is -26.8. The van der Waals surface area contributed by atoms with Crippen LogP contribution in [0.4, 0.5) is 89.1 Å². The summed E-state index contributed by atoms with van der Waals surface area (Å²) in [6.07, 6.45) is 0. The van der Waals surface area contributed by atoms with Gasteiger partial charge in [-0.1, -0.05) is 39.1 Å². The van der Waals surface area contributed by atoms with E-state index in [-0.39, 0.29) is 43.5 Å². The summed E-state index contributed by atoms with van der Waals surface area (Å²) < 4.78 is 405. The molecule has 6 rings (SSSR count). The number of hydrogen-bond acceptors (Lipinski definition) is 25. The fourth-order valence-electron chi connectivity index (χ4n) is 6.73. The molecular formula is C60H43Br2Cl2F19I7N7O24S6-6. The number of esters is 6. The van der Waals surface area contributed by atoms with Gasteiger partial charge in [-0.05, 0) is 277 Å². The number of sulfonamides is 6. The number of nitrogens with two attached hydrogens (primary N) is 1. The Bertz CT molecular complexity index is 5320. The second kappa shape index (κ2) is 53.3. The lowest BCUT2D eigenvalue weighted by molar-refractivity contribution is -0.0433. The number of benzene rings is 6. The number of carbonyl (C=O) groups is 6. The molecule has 0 radical (unpaired) electrons. The summed E-state index contributed by atoms with van der Waals surface area (Å²) in [6, 6.07) is 25.3. The van der Waals surface area contributed by atoms with Gasteiger partial charge in [0.1, 0.15) is 5.82 Å². The SMILES string of the molecule is Nc1c(I)cc(I)cc1C(=O)OCC[N-]S(=O)(=O)C(F)(F)F.O=C(OCC[N-]S(=O)(=O)C(F)(F)F)c1cc(Br)cc(I)c1.O=C(OCC[N-]S(=O)(=O)C(F)(F)F)c1cc(I)ccc1Br.O=C(OCC[N-]S(=O)(=O)C(F)(F)F)c1cc(I)ccc1Cl.O=C(OCC[N-]S(=O)(=O)C(F)(F)F)c1cc(I)ccc1F.O=C(OCC[N-]S(=O)(=O)C(F)(F)F)c1ccc(I)cc1Cl. The number of hydrogen-bond donors (Lipinski definition) is 1. The minimum absolute atomic E-state index is 0.0239. The van der Waals surface area contributed by atoms with Gasteiger partial charge >= 0.3 is 68.9 Å². The maximum Gasteiger partial charge on any atom is 0.480 e. The number of anilines is 1. The van der Waals surface area contributed by atoms with Crippen LogP contribution in [0, 0.1) is 30.8 Å². The van der Waals surface area contributed by atoms with Crippen molar-refractivity contribution >= 4 is 315 Å². The van der Waals surface area contributed by atoms with Crippen molar-refractivity contribution in [3.8, 4) is 0 Å². The first kappa shape index (κ1) is 122. The second-order valence-electron chi connectivity index (χ2n) is 21.5. The molecule has 0 fully saturated rings. The van der Waals surface area contributed by atoms with Crippen LogP contribution in [0.5, 0.6) is 0 Å². The molecule has 0 unspecified atom stereocenters. The molecule has 2 N–H and O–H groups in total. The van der Waals surface area contributed by atoms with Crippen LogP contribution in [-0.2, 0) is 88.6 Å². The summed E-state index contributed by atoms with van der Waals surface area (Å²) in [6.45, 7) is -8.68. The Hall–Kier alpha value is -3.28. The molecule has 0 atom stereocenters. The van der Waals surface area contributed by atoms with Gasteiger partial charge in [-0.15, -0.1) is 39.3 Å². The van der Waals surface area contributed by atoms with Crippen LogP contribution >= 0.6 is 213 Å². The lowest BCUT2D eigenvalue weighted by Crippen LogP contribution is -2.23.